The maximum atomic E-state index is 14.6. The summed E-state index contributed by atoms with van der Waals surface area (Å²) in [5, 5.41) is 15.2. The van der Waals surface area contributed by atoms with E-state index in [9.17, 15) is 28.8 Å². The number of ether oxygens (including phenoxy) is 5. The van der Waals surface area contributed by atoms with Crippen LogP contribution in [0.3, 0.4) is 0 Å². The van der Waals surface area contributed by atoms with Crippen molar-refractivity contribution >= 4 is 31.4 Å². The van der Waals surface area contributed by atoms with E-state index in [0.29, 0.717) is 16.9 Å². The van der Waals surface area contributed by atoms with Crippen LogP contribution in [0.15, 0.2) is 97.1 Å². The van der Waals surface area contributed by atoms with Gasteiger partial charge < -0.3 is 48.5 Å². The zero-order chi connectivity index (χ0) is 45.1. The summed E-state index contributed by atoms with van der Waals surface area (Å²) in [6.45, 7) is 5.40. The van der Waals surface area contributed by atoms with Crippen molar-refractivity contribution < 1.29 is 66.1 Å². The molecule has 1 aliphatic rings. The van der Waals surface area contributed by atoms with Crippen LogP contribution < -0.4 is 33.9 Å². The monoisotopic (exact) mass is 876 g/mol. The zero-order valence-corrected chi connectivity index (χ0v) is 36.6. The summed E-state index contributed by atoms with van der Waals surface area (Å²) >= 11 is 0. The Morgan fingerprint density at radius 1 is 0.790 bits per heavy atom. The number of phosphoric ester groups is 1. The predicted molar refractivity (Wildman–Crippen MR) is 226 cm³/mol. The molecule has 2 amide bonds. The fourth-order valence-corrected chi connectivity index (χ4v) is 8.32. The Morgan fingerprint density at radius 2 is 1.35 bits per heavy atom. The van der Waals surface area contributed by atoms with Gasteiger partial charge >= 0.3 is 13.8 Å². The van der Waals surface area contributed by atoms with Crippen molar-refractivity contribution in [2.75, 3.05) is 34.5 Å². The minimum atomic E-state index is -4.61. The molecule has 1 aliphatic heterocycles. The minimum absolute atomic E-state index is 0.00510. The van der Waals surface area contributed by atoms with E-state index in [1.54, 1.807) is 106 Å². The van der Waals surface area contributed by atoms with Gasteiger partial charge in [0.25, 0.3) is 0 Å². The predicted octanol–water partition coefficient (Wildman–Crippen LogP) is 6.16. The molecular formula is C45H53N2O14P. The van der Waals surface area contributed by atoms with Crippen molar-refractivity contribution in [2.45, 2.75) is 70.7 Å². The number of ketones is 1. The number of benzene rings is 4. The maximum Gasteiger partial charge on any atom is 0.587 e. The van der Waals surface area contributed by atoms with Crippen molar-refractivity contribution in [1.82, 2.24) is 10.6 Å². The highest BCUT2D eigenvalue weighted by molar-refractivity contribution is 7.49. The highest BCUT2D eigenvalue weighted by atomic mass is 31.2. The molecule has 332 valence electrons. The van der Waals surface area contributed by atoms with Crippen molar-refractivity contribution in [1.29, 1.82) is 0 Å². The second-order valence-electron chi connectivity index (χ2n) is 15.5. The molecule has 0 saturated carbocycles. The van der Waals surface area contributed by atoms with Crippen LogP contribution in [-0.2, 0) is 50.6 Å². The number of hydrogen-bond acceptors (Lipinski definition) is 14. The molecule has 3 N–H and O–H groups in total. The number of nitrogens with one attached hydrogen (secondary N) is 2. The van der Waals surface area contributed by atoms with Crippen LogP contribution in [0.2, 0.25) is 0 Å². The number of para-hydroxylation sites is 2. The van der Waals surface area contributed by atoms with Gasteiger partial charge in [-0.2, -0.15) is 0 Å². The van der Waals surface area contributed by atoms with Gasteiger partial charge in [0, 0.05) is 49.3 Å². The molecule has 1 saturated heterocycles. The summed E-state index contributed by atoms with van der Waals surface area (Å²) in [6.07, 6.45) is -1.58. The third-order valence-corrected chi connectivity index (χ3v) is 11.2. The highest BCUT2D eigenvalue weighted by Gasteiger charge is 2.58. The molecular weight excluding hydrogens is 823 g/mol. The Balaban J connectivity index is 1.51. The van der Waals surface area contributed by atoms with E-state index in [-0.39, 0.29) is 54.6 Å². The van der Waals surface area contributed by atoms with Crippen molar-refractivity contribution in [3.8, 4) is 34.5 Å². The Bertz CT molecular complexity index is 2140. The number of phenols is 1. The summed E-state index contributed by atoms with van der Waals surface area (Å²) in [5.41, 5.74) is -2.19. The highest BCUT2D eigenvalue weighted by Crippen LogP contribution is 2.54. The third kappa shape index (κ3) is 12.1. The van der Waals surface area contributed by atoms with E-state index >= 15 is 0 Å². The number of aromatic hydroxyl groups is 1. The summed E-state index contributed by atoms with van der Waals surface area (Å²) in [4.78, 5) is 55.5. The van der Waals surface area contributed by atoms with Gasteiger partial charge in [-0.15, -0.1) is 0 Å². The van der Waals surface area contributed by atoms with Crippen molar-refractivity contribution in [3.05, 3.63) is 108 Å². The molecule has 2 unspecified atom stereocenters. The molecule has 62 heavy (non-hydrogen) atoms. The first-order valence-corrected chi connectivity index (χ1v) is 21.2. The van der Waals surface area contributed by atoms with Crippen LogP contribution in [0.1, 0.15) is 45.2 Å². The van der Waals surface area contributed by atoms with E-state index in [1.807, 2.05) is 0 Å². The normalized spacial score (nSPS) is 17.2. The number of hydrogen-bond donors (Lipinski definition) is 3. The number of phosphoric acid groups is 1. The van der Waals surface area contributed by atoms with Gasteiger partial charge in [0.1, 0.15) is 59.3 Å². The Morgan fingerprint density at radius 3 is 1.85 bits per heavy atom. The van der Waals surface area contributed by atoms with E-state index in [2.05, 4.69) is 10.6 Å². The van der Waals surface area contributed by atoms with E-state index in [1.165, 1.54) is 40.4 Å². The fraction of sp³-hybridized carbons (Fsp3) is 0.378. The average Bonchev–Trinajstić information content (AvgIpc) is 3.64. The zero-order valence-electron chi connectivity index (χ0n) is 35.7. The largest absolute Gasteiger partial charge is 0.587 e. The van der Waals surface area contributed by atoms with Crippen LogP contribution in [0.5, 0.6) is 34.5 Å². The second kappa shape index (κ2) is 20.6. The van der Waals surface area contributed by atoms with Gasteiger partial charge in [-0.25, -0.2) is 9.36 Å². The average molecular weight is 877 g/mol. The number of carbonyl (C=O) groups excluding carboxylic acids is 4. The Labute approximate surface area is 360 Å². The second-order valence-corrected chi connectivity index (χ2v) is 16.9. The third-order valence-electron chi connectivity index (χ3n) is 9.83. The number of Topliss-reactive ketones (excluding diaryl/α,β-unsaturated/α-hetero) is 1. The Hall–Kier alpha value is -6.09. The first-order chi connectivity index (χ1) is 29.5. The topological polar surface area (TPSA) is 203 Å². The van der Waals surface area contributed by atoms with Crippen molar-refractivity contribution in [2.24, 2.45) is 5.41 Å². The molecule has 17 heteroatoms. The van der Waals surface area contributed by atoms with Crippen LogP contribution in [0, 0.1) is 5.41 Å². The van der Waals surface area contributed by atoms with Crippen molar-refractivity contribution in [3.63, 3.8) is 0 Å². The number of esters is 1. The first kappa shape index (κ1) is 47.0. The quantitative estimate of drug-likeness (QED) is 0.0673. The van der Waals surface area contributed by atoms with Gasteiger partial charge in [-0.3, -0.25) is 18.9 Å². The lowest BCUT2D eigenvalue weighted by molar-refractivity contribution is -0.172. The summed E-state index contributed by atoms with van der Waals surface area (Å²) in [5.74, 6) is -1.57. The van der Waals surface area contributed by atoms with Gasteiger partial charge in [0.15, 0.2) is 11.4 Å². The lowest BCUT2D eigenvalue weighted by Crippen LogP contribution is -2.57. The summed E-state index contributed by atoms with van der Waals surface area (Å²) in [7, 11) is -0.327. The molecule has 0 spiro atoms. The van der Waals surface area contributed by atoms with E-state index < -0.39 is 67.2 Å². The number of rotatable bonds is 20. The molecule has 0 bridgehead atoms. The van der Waals surface area contributed by atoms with Gasteiger partial charge in [0.05, 0.1) is 27.9 Å². The first-order valence-electron chi connectivity index (χ1n) is 19.8. The standard InChI is InChI=1S/C45H53N2O14P/c1-29(48)46-36(24-30-18-20-31(49)21-19-30)41(50)47-37(27-35-38(55-6)25-34(54-5)26-39(35)56-7)42(51)57-28-45(43(52)44(2,3)4)40(22-23-58-45)61-62(53,59-32-14-10-8-11-15-32)60-33-16-12-9-13-17-33/h8-21,25-26,36-37,40,49H,22-24,27-28H2,1-7H3,(H,46,48)(H,47,50)/t36-,37-,40?,45?/m0/s1. The number of phenolic OH excluding ortho intramolecular Hbond substituents is 1. The molecule has 4 aromatic carbocycles. The van der Waals surface area contributed by atoms with Gasteiger partial charge in [0.2, 0.25) is 11.8 Å². The van der Waals surface area contributed by atoms with E-state index in [4.69, 9.17) is 37.3 Å². The van der Waals surface area contributed by atoms with Gasteiger partial charge in [-0.05, 0) is 42.0 Å². The molecule has 4 atom stereocenters. The number of carbonyl (C=O) groups is 4. The molecule has 0 aromatic heterocycles. The SMILES string of the molecule is COc1cc(OC)c(C[C@H](NC(=O)[C@H](Cc2ccc(O)cc2)NC(C)=O)C(=O)OCC2(C(=O)C(C)(C)C)OCCC2OP(=O)(Oc2ccccc2)Oc2ccccc2)c(OC)c1. The molecule has 4 aromatic rings. The van der Waals surface area contributed by atoms with Crippen LogP contribution in [0.4, 0.5) is 0 Å². The molecule has 16 nitrogen and oxygen atoms in total. The minimum Gasteiger partial charge on any atom is -0.508 e. The molecule has 1 fully saturated rings. The summed E-state index contributed by atoms with van der Waals surface area (Å²) < 4.78 is 61.4. The lowest BCUT2D eigenvalue weighted by Gasteiger charge is -2.37. The van der Waals surface area contributed by atoms with E-state index in [0.717, 1.165) is 0 Å². The summed E-state index contributed by atoms with van der Waals surface area (Å²) in [6, 6.07) is 23.0. The molecule has 0 aliphatic carbocycles. The molecule has 5 rings (SSSR count). The van der Waals surface area contributed by atoms with Crippen LogP contribution >= 0.6 is 7.82 Å². The van der Waals surface area contributed by atoms with Crippen LogP contribution in [-0.4, -0.2) is 87.0 Å². The smallest absolute Gasteiger partial charge is 0.508 e. The van der Waals surface area contributed by atoms with Crippen LogP contribution in [0.25, 0.3) is 0 Å². The van der Waals surface area contributed by atoms with Gasteiger partial charge in [-0.1, -0.05) is 69.3 Å². The fourth-order valence-electron chi connectivity index (χ4n) is 6.85. The lowest BCUT2D eigenvalue weighted by atomic mass is 9.78. The number of amides is 2. The maximum absolute atomic E-state index is 14.6. The Kier molecular flexibility index (Phi) is 15.6. The molecule has 1 heterocycles. The molecule has 0 radical (unpaired) electrons. The number of methoxy groups -OCH3 is 3.